The molecule has 0 aromatic heterocycles. The molecule has 0 fully saturated rings. The van der Waals surface area contributed by atoms with Crippen molar-refractivity contribution in [2.75, 3.05) is 18.5 Å². The molecule has 0 heterocycles. The number of amides is 2. The van der Waals surface area contributed by atoms with Crippen molar-refractivity contribution in [3.8, 4) is 17.6 Å². The van der Waals surface area contributed by atoms with Crippen LogP contribution in [0.2, 0.25) is 0 Å². The fourth-order valence-corrected chi connectivity index (χ4v) is 3.69. The highest BCUT2D eigenvalue weighted by atomic mass is 79.9. The normalized spacial score (nSPS) is 10.7. The van der Waals surface area contributed by atoms with Gasteiger partial charge in [0.05, 0.1) is 11.1 Å². The van der Waals surface area contributed by atoms with Gasteiger partial charge in [0.25, 0.3) is 11.8 Å². The molecule has 7 nitrogen and oxygen atoms in total. The standard InChI is InChI=1S/C27H24BrN3O4/c1-2-34-24-15-20(13-21(16-29)27(33)30-17-19-9-5-3-6-10-19)14-23(28)26(24)35-18-25(32)31-22-11-7-4-8-12-22/h3-15H,2,17-18H2,1H3,(H,30,33)(H,31,32)/b21-13+. The summed E-state index contributed by atoms with van der Waals surface area (Å²) in [5.41, 5.74) is 2.11. The van der Waals surface area contributed by atoms with Crippen LogP contribution in [0.5, 0.6) is 11.5 Å². The van der Waals surface area contributed by atoms with Gasteiger partial charge in [0, 0.05) is 12.2 Å². The lowest BCUT2D eigenvalue weighted by atomic mass is 10.1. The van der Waals surface area contributed by atoms with Crippen LogP contribution >= 0.6 is 15.9 Å². The number of nitrogens with one attached hydrogen (secondary N) is 2. The molecule has 0 bridgehead atoms. The molecule has 0 atom stereocenters. The number of nitrogens with zero attached hydrogens (tertiary/aromatic N) is 1. The predicted molar refractivity (Wildman–Crippen MR) is 138 cm³/mol. The second-order valence-electron chi connectivity index (χ2n) is 7.30. The molecule has 2 amide bonds. The second-order valence-corrected chi connectivity index (χ2v) is 8.16. The number of nitriles is 1. The summed E-state index contributed by atoms with van der Waals surface area (Å²) in [7, 11) is 0. The third-order valence-electron chi connectivity index (χ3n) is 4.71. The van der Waals surface area contributed by atoms with Crippen LogP contribution in [0.25, 0.3) is 6.08 Å². The topological polar surface area (TPSA) is 100 Å². The molecule has 2 N–H and O–H groups in total. The quantitative estimate of drug-likeness (QED) is 0.279. The Balaban J connectivity index is 1.72. The van der Waals surface area contributed by atoms with Gasteiger partial charge in [0.15, 0.2) is 18.1 Å². The van der Waals surface area contributed by atoms with E-state index in [0.717, 1.165) is 5.56 Å². The molecule has 0 spiro atoms. The Bertz CT molecular complexity index is 1240. The monoisotopic (exact) mass is 533 g/mol. The lowest BCUT2D eigenvalue weighted by molar-refractivity contribution is -0.118. The molecule has 0 aliphatic rings. The lowest BCUT2D eigenvalue weighted by Gasteiger charge is -2.15. The van der Waals surface area contributed by atoms with Gasteiger partial charge in [-0.05, 0) is 64.3 Å². The maximum Gasteiger partial charge on any atom is 0.262 e. The Morgan fingerprint density at radius 3 is 2.37 bits per heavy atom. The number of ether oxygens (including phenoxy) is 2. The summed E-state index contributed by atoms with van der Waals surface area (Å²) in [5, 5.41) is 15.0. The number of anilines is 1. The summed E-state index contributed by atoms with van der Waals surface area (Å²) >= 11 is 3.45. The van der Waals surface area contributed by atoms with Crippen LogP contribution in [-0.4, -0.2) is 25.0 Å². The van der Waals surface area contributed by atoms with E-state index in [0.29, 0.717) is 40.4 Å². The van der Waals surface area contributed by atoms with Gasteiger partial charge in [-0.1, -0.05) is 48.5 Å². The molecule has 3 aromatic rings. The number of hydrogen-bond donors (Lipinski definition) is 2. The molecule has 0 aliphatic carbocycles. The van der Waals surface area contributed by atoms with Crippen molar-refractivity contribution in [3.63, 3.8) is 0 Å². The third kappa shape index (κ3) is 7.73. The van der Waals surface area contributed by atoms with Gasteiger partial charge in [-0.25, -0.2) is 0 Å². The van der Waals surface area contributed by atoms with E-state index in [2.05, 4.69) is 26.6 Å². The second kappa shape index (κ2) is 13.0. The first-order valence-electron chi connectivity index (χ1n) is 10.9. The largest absolute Gasteiger partial charge is 0.490 e. The van der Waals surface area contributed by atoms with Crippen molar-refractivity contribution >= 4 is 39.5 Å². The van der Waals surface area contributed by atoms with E-state index in [1.807, 2.05) is 61.5 Å². The first-order valence-corrected chi connectivity index (χ1v) is 11.7. The number of carbonyl (C=O) groups excluding carboxylic acids is 2. The maximum atomic E-state index is 12.5. The zero-order valence-corrected chi connectivity index (χ0v) is 20.7. The van der Waals surface area contributed by atoms with Gasteiger partial charge < -0.3 is 20.1 Å². The Morgan fingerprint density at radius 2 is 1.71 bits per heavy atom. The number of rotatable bonds is 10. The molecule has 3 aromatic carbocycles. The molecule has 3 rings (SSSR count). The Morgan fingerprint density at radius 1 is 1.03 bits per heavy atom. The zero-order chi connectivity index (χ0) is 25.0. The highest BCUT2D eigenvalue weighted by Gasteiger charge is 2.15. The fourth-order valence-electron chi connectivity index (χ4n) is 3.12. The first-order chi connectivity index (χ1) is 17.0. The van der Waals surface area contributed by atoms with Crippen LogP contribution in [0.1, 0.15) is 18.1 Å². The molecule has 0 radical (unpaired) electrons. The van der Waals surface area contributed by atoms with Crippen LogP contribution in [0, 0.1) is 11.3 Å². The number of halogens is 1. The van der Waals surface area contributed by atoms with E-state index in [9.17, 15) is 14.9 Å². The fraction of sp³-hybridized carbons (Fsp3) is 0.148. The van der Waals surface area contributed by atoms with Crippen molar-refractivity contribution in [2.24, 2.45) is 0 Å². The van der Waals surface area contributed by atoms with Crippen LogP contribution in [0.4, 0.5) is 5.69 Å². The number of para-hydroxylation sites is 1. The van der Waals surface area contributed by atoms with E-state index in [1.165, 1.54) is 6.08 Å². The van der Waals surface area contributed by atoms with Gasteiger partial charge in [0.2, 0.25) is 0 Å². The van der Waals surface area contributed by atoms with Crippen molar-refractivity contribution < 1.29 is 19.1 Å². The van der Waals surface area contributed by atoms with E-state index < -0.39 is 5.91 Å². The molecule has 0 saturated heterocycles. The minimum Gasteiger partial charge on any atom is -0.490 e. The van der Waals surface area contributed by atoms with Crippen LogP contribution in [0.15, 0.2) is 82.8 Å². The summed E-state index contributed by atoms with van der Waals surface area (Å²) in [5.74, 6) is -0.0819. The molecule has 0 saturated carbocycles. The minimum atomic E-state index is -0.483. The van der Waals surface area contributed by atoms with Crippen molar-refractivity contribution in [1.82, 2.24) is 5.32 Å². The summed E-state index contributed by atoms with van der Waals surface area (Å²) < 4.78 is 11.9. The zero-order valence-electron chi connectivity index (χ0n) is 19.1. The molecule has 8 heteroatoms. The van der Waals surface area contributed by atoms with Gasteiger partial charge in [-0.2, -0.15) is 5.26 Å². The van der Waals surface area contributed by atoms with Gasteiger partial charge >= 0.3 is 0 Å². The van der Waals surface area contributed by atoms with Crippen LogP contribution < -0.4 is 20.1 Å². The van der Waals surface area contributed by atoms with E-state index >= 15 is 0 Å². The SMILES string of the molecule is CCOc1cc(/C=C(\C#N)C(=O)NCc2ccccc2)cc(Br)c1OCC(=O)Nc1ccccc1. The molecule has 178 valence electrons. The van der Waals surface area contributed by atoms with Gasteiger partial charge in [-0.3, -0.25) is 9.59 Å². The molecular formula is C27H24BrN3O4. The van der Waals surface area contributed by atoms with Crippen molar-refractivity contribution in [3.05, 3.63) is 94.0 Å². The average molecular weight is 534 g/mol. The van der Waals surface area contributed by atoms with Crippen LogP contribution in [-0.2, 0) is 16.1 Å². The molecule has 35 heavy (non-hydrogen) atoms. The minimum absolute atomic E-state index is 0.0498. The smallest absolute Gasteiger partial charge is 0.262 e. The summed E-state index contributed by atoms with van der Waals surface area (Å²) in [4.78, 5) is 24.8. The van der Waals surface area contributed by atoms with Crippen molar-refractivity contribution in [1.29, 1.82) is 5.26 Å². The Hall–Kier alpha value is -4.09. The molecule has 0 unspecified atom stereocenters. The lowest BCUT2D eigenvalue weighted by Crippen LogP contribution is -2.23. The van der Waals surface area contributed by atoms with Gasteiger partial charge in [-0.15, -0.1) is 0 Å². The number of carbonyl (C=O) groups is 2. The number of hydrogen-bond acceptors (Lipinski definition) is 5. The number of benzene rings is 3. The molecular weight excluding hydrogens is 510 g/mol. The third-order valence-corrected chi connectivity index (χ3v) is 5.30. The predicted octanol–water partition coefficient (Wildman–Crippen LogP) is 5.09. The van der Waals surface area contributed by atoms with E-state index in [1.54, 1.807) is 24.3 Å². The highest BCUT2D eigenvalue weighted by molar-refractivity contribution is 9.10. The summed E-state index contributed by atoms with van der Waals surface area (Å²) in [6.07, 6.45) is 1.47. The maximum absolute atomic E-state index is 12.5. The summed E-state index contributed by atoms with van der Waals surface area (Å²) in [6.45, 7) is 2.26. The van der Waals surface area contributed by atoms with Gasteiger partial charge in [0.1, 0.15) is 11.6 Å². The first kappa shape index (κ1) is 25.5. The highest BCUT2D eigenvalue weighted by Crippen LogP contribution is 2.37. The molecule has 0 aliphatic heterocycles. The van der Waals surface area contributed by atoms with Crippen molar-refractivity contribution in [2.45, 2.75) is 13.5 Å². The average Bonchev–Trinajstić information content (AvgIpc) is 2.86. The Labute approximate surface area is 212 Å². The summed E-state index contributed by atoms with van der Waals surface area (Å²) in [6, 6.07) is 23.8. The van der Waals surface area contributed by atoms with E-state index in [4.69, 9.17) is 9.47 Å². The van der Waals surface area contributed by atoms with E-state index in [-0.39, 0.29) is 18.1 Å². The Kier molecular flexibility index (Phi) is 9.46. The van der Waals surface area contributed by atoms with Crippen LogP contribution in [0.3, 0.4) is 0 Å².